The first-order valence-corrected chi connectivity index (χ1v) is 1.08. The summed E-state index contributed by atoms with van der Waals surface area (Å²) >= 11 is 0. The van der Waals surface area contributed by atoms with E-state index in [1.165, 1.54) is 6.34 Å². The normalized spacial score (nSPS) is 9.33. The van der Waals surface area contributed by atoms with E-state index in [0.29, 0.717) is 0 Å². The molecule has 0 aliphatic carbocycles. The number of hydrazone groups is 1. The lowest BCUT2D eigenvalue weighted by molar-refractivity contribution is -0.484. The molecule has 0 aromatic rings. The number of nitrogens with two attached hydrogens (primary N) is 1. The van der Waals surface area contributed by atoms with Crippen LogP contribution in [0.2, 0.25) is 0 Å². The predicted molar refractivity (Wildman–Crippen MR) is 18.6 cm³/mol. The quantitative estimate of drug-likeness (QED) is 0.147. The van der Waals surface area contributed by atoms with Crippen LogP contribution in [0, 0.1) is 10.1 Å². The van der Waals surface area contributed by atoms with Crippen molar-refractivity contribution in [3.8, 4) is 0 Å². The van der Waals surface area contributed by atoms with Gasteiger partial charge in [0.25, 0.3) is 0 Å². The van der Waals surface area contributed by atoms with Crippen molar-refractivity contribution in [3.05, 3.63) is 10.1 Å². The van der Waals surface area contributed by atoms with Crippen LogP contribution in [0.3, 0.4) is 0 Å². The largest absolute Gasteiger partial charge is 0.375 e. The van der Waals surface area contributed by atoms with E-state index in [0.717, 1.165) is 0 Å². The van der Waals surface area contributed by atoms with Gasteiger partial charge in [-0.05, 0) is 0 Å². The van der Waals surface area contributed by atoms with Crippen LogP contribution < -0.4 is 5.73 Å². The maximum Gasteiger partial charge on any atom is 0.246 e. The minimum atomic E-state index is -0.931. The summed E-state index contributed by atoms with van der Waals surface area (Å²) < 4.78 is 0. The van der Waals surface area contributed by atoms with Crippen molar-refractivity contribution in [2.24, 2.45) is 10.8 Å². The Morgan fingerprint density at radius 2 is 2.50 bits per heavy atom. The topological polar surface area (TPSA) is 81.5 Å². The van der Waals surface area contributed by atoms with Gasteiger partial charge < -0.3 is 5.73 Å². The molecule has 0 aliphatic rings. The van der Waals surface area contributed by atoms with Crippen LogP contribution in [0.15, 0.2) is 5.10 Å². The zero-order chi connectivity index (χ0) is 4.99. The average molecular weight is 88.0 g/mol. The molecule has 5 nitrogen and oxygen atoms in total. The van der Waals surface area contributed by atoms with Crippen LogP contribution in [-0.2, 0) is 0 Å². The van der Waals surface area contributed by atoms with Crippen LogP contribution in [0.25, 0.3) is 0 Å². The smallest absolute Gasteiger partial charge is 0.246 e. The van der Waals surface area contributed by atoms with Gasteiger partial charge in [-0.15, -0.1) is 0 Å². The summed E-state index contributed by atoms with van der Waals surface area (Å²) in [5.74, 6) is 0. The maximum absolute atomic E-state index is 9.10. The lowest BCUT2D eigenvalue weighted by Crippen LogP contribution is -1.93. The monoisotopic (exact) mass is 88.0 g/mol. The fourth-order valence-electron chi connectivity index (χ4n) is 0.0471. The second kappa shape index (κ2) is 2.13. The van der Waals surface area contributed by atoms with Gasteiger partial charge in [0, 0.05) is 0 Å². The van der Waals surface area contributed by atoms with Crippen molar-refractivity contribution in [2.75, 3.05) is 0 Å². The van der Waals surface area contributed by atoms with E-state index in [9.17, 15) is 0 Å². The Balaban J connectivity index is 3.30. The average Bonchev–Trinajstić information content (AvgIpc) is 1.35. The number of hydrogen-bond acceptors (Lipinski definition) is 2. The third-order valence-corrected chi connectivity index (χ3v) is 0.139. The molecule has 2 N–H and O–H groups in total. The first-order chi connectivity index (χ1) is 2.77. The van der Waals surface area contributed by atoms with Crippen LogP contribution in [0.1, 0.15) is 0 Å². The first-order valence-electron chi connectivity index (χ1n) is 1.08. The molecular weight excluding hydrogens is 86.0 g/mol. The molecule has 0 amide bonds. The van der Waals surface area contributed by atoms with Crippen LogP contribution in [0.5, 0.6) is 0 Å². The number of rotatable bonds is 1. The van der Waals surface area contributed by atoms with Crippen molar-refractivity contribution in [1.82, 2.24) is 0 Å². The van der Waals surface area contributed by atoms with Crippen molar-refractivity contribution in [2.45, 2.75) is 0 Å². The fraction of sp³-hybridized carbons (Fsp3) is 0. The van der Waals surface area contributed by atoms with Crippen molar-refractivity contribution < 1.29 is 5.03 Å². The molecule has 0 rings (SSSR count). The summed E-state index contributed by atoms with van der Waals surface area (Å²) in [4.78, 5) is 9.10. The summed E-state index contributed by atoms with van der Waals surface area (Å²) in [6.45, 7) is 0. The van der Waals surface area contributed by atoms with E-state index in [-0.39, 0.29) is 0 Å². The van der Waals surface area contributed by atoms with Gasteiger partial charge in [-0.1, -0.05) is 0 Å². The molecule has 6 heavy (non-hydrogen) atoms. The van der Waals surface area contributed by atoms with Gasteiger partial charge in [0.1, 0.15) is 0 Å². The Morgan fingerprint density at radius 3 is 2.50 bits per heavy atom. The lowest BCUT2D eigenvalue weighted by Gasteiger charge is -1.65. The van der Waals surface area contributed by atoms with Gasteiger partial charge in [-0.2, -0.15) is 0 Å². The molecule has 0 aromatic carbocycles. The Labute approximate surface area is 33.6 Å². The molecule has 33 valence electrons. The highest BCUT2D eigenvalue weighted by molar-refractivity contribution is 5.49. The molecule has 0 saturated carbocycles. The molecule has 0 aliphatic heterocycles. The second-order valence-electron chi connectivity index (χ2n) is 0.467. The maximum atomic E-state index is 9.10. The summed E-state index contributed by atoms with van der Waals surface area (Å²) in [7, 11) is 0. The molecule has 5 heteroatoms. The number of nitro groups is 1. The van der Waals surface area contributed by atoms with Gasteiger partial charge in [0.2, 0.25) is 6.34 Å². The lowest BCUT2D eigenvalue weighted by atomic mass is 11.4. The highest BCUT2D eigenvalue weighted by Crippen LogP contribution is 1.58. The standard InChI is InChI=1S/CH2N3O2/c2-1-3-4(5)6/h(H2,2,3). The second-order valence-corrected chi connectivity index (χ2v) is 0.467. The fourth-order valence-corrected chi connectivity index (χ4v) is 0.0471. The number of nitrogens with zero attached hydrogens (tertiary/aromatic N) is 2. The Kier molecular flexibility index (Phi) is 1.73. The minimum Gasteiger partial charge on any atom is -0.375 e. The molecule has 0 aromatic heterocycles. The highest BCUT2D eigenvalue weighted by atomic mass is 16.7. The van der Waals surface area contributed by atoms with E-state index in [4.69, 9.17) is 10.1 Å². The zero-order valence-electron chi connectivity index (χ0n) is 2.79. The SMILES string of the molecule is N/[C]=N/[N+](=O)[O-]. The van der Waals surface area contributed by atoms with Gasteiger partial charge in [-0.3, -0.25) is 0 Å². The minimum absolute atomic E-state index is 0.931. The summed E-state index contributed by atoms with van der Waals surface area (Å²) in [6, 6.07) is 0. The van der Waals surface area contributed by atoms with Crippen LogP contribution in [-0.4, -0.2) is 11.4 Å². The summed E-state index contributed by atoms with van der Waals surface area (Å²) in [5.41, 5.74) is 4.37. The Bertz CT molecular complexity index is 76.9. The van der Waals surface area contributed by atoms with Gasteiger partial charge in [0.15, 0.2) is 5.03 Å². The van der Waals surface area contributed by atoms with E-state index < -0.39 is 5.03 Å². The van der Waals surface area contributed by atoms with Crippen molar-refractivity contribution >= 4 is 6.34 Å². The molecule has 0 saturated heterocycles. The molecule has 0 fully saturated rings. The zero-order valence-corrected chi connectivity index (χ0v) is 2.79. The molecule has 0 spiro atoms. The van der Waals surface area contributed by atoms with Crippen molar-refractivity contribution in [1.29, 1.82) is 0 Å². The Morgan fingerprint density at radius 1 is 2.00 bits per heavy atom. The van der Waals surface area contributed by atoms with E-state index in [2.05, 4.69) is 10.8 Å². The number of hydrogen-bond donors (Lipinski definition) is 1. The summed E-state index contributed by atoms with van der Waals surface area (Å²) in [6.07, 6.45) is 1.49. The third kappa shape index (κ3) is 2.87. The van der Waals surface area contributed by atoms with Gasteiger partial charge in [0.05, 0.1) is 5.10 Å². The first kappa shape index (κ1) is 4.87. The third-order valence-electron chi connectivity index (χ3n) is 0.139. The molecule has 0 bridgehead atoms. The molecule has 0 unspecified atom stereocenters. The van der Waals surface area contributed by atoms with Gasteiger partial charge >= 0.3 is 0 Å². The summed E-state index contributed by atoms with van der Waals surface area (Å²) in [5, 5.41) is 10.5. The van der Waals surface area contributed by atoms with E-state index in [1.807, 2.05) is 0 Å². The van der Waals surface area contributed by atoms with Crippen LogP contribution >= 0.6 is 0 Å². The molecular formula is CH2N3O2. The molecule has 0 heterocycles. The van der Waals surface area contributed by atoms with Gasteiger partial charge in [-0.25, -0.2) is 10.1 Å². The molecule has 0 atom stereocenters. The predicted octanol–water partition coefficient (Wildman–Crippen LogP) is -0.958. The molecule has 1 radical (unpaired) electrons. The van der Waals surface area contributed by atoms with E-state index in [1.54, 1.807) is 0 Å². The highest BCUT2D eigenvalue weighted by Gasteiger charge is 1.77. The van der Waals surface area contributed by atoms with E-state index >= 15 is 0 Å². The van der Waals surface area contributed by atoms with Crippen LogP contribution in [0.4, 0.5) is 0 Å². The Hall–Kier alpha value is -1.13. The van der Waals surface area contributed by atoms with Crippen molar-refractivity contribution in [3.63, 3.8) is 0 Å².